The Morgan fingerprint density at radius 2 is 1.61 bits per heavy atom. The van der Waals surface area contributed by atoms with Crippen LogP contribution in [-0.2, 0) is 0 Å². The smallest absolute Gasteiger partial charge is 0.157 e. The molecule has 0 saturated carbocycles. The van der Waals surface area contributed by atoms with Gasteiger partial charge in [-0.1, -0.05) is 24.3 Å². The SMILES string of the molecule is COc1ccc2[nH]c3nc4cc5ccccc5cc4nc3c2c1. The van der Waals surface area contributed by atoms with Gasteiger partial charge in [-0.3, -0.25) is 0 Å². The molecule has 0 radical (unpaired) electrons. The van der Waals surface area contributed by atoms with Gasteiger partial charge in [-0.25, -0.2) is 9.97 Å². The van der Waals surface area contributed by atoms with Gasteiger partial charge >= 0.3 is 0 Å². The fourth-order valence-electron chi connectivity index (χ4n) is 3.10. The molecule has 0 saturated heterocycles. The van der Waals surface area contributed by atoms with Crippen LogP contribution in [-0.4, -0.2) is 22.1 Å². The van der Waals surface area contributed by atoms with Gasteiger partial charge in [0, 0.05) is 10.9 Å². The highest BCUT2D eigenvalue weighted by atomic mass is 16.5. The van der Waals surface area contributed by atoms with Crippen molar-refractivity contribution in [3.63, 3.8) is 0 Å². The van der Waals surface area contributed by atoms with Crippen molar-refractivity contribution >= 4 is 43.9 Å². The predicted molar refractivity (Wildman–Crippen MR) is 93.0 cm³/mol. The van der Waals surface area contributed by atoms with Crippen LogP contribution in [0, 0.1) is 0 Å². The number of H-pyrrole nitrogens is 1. The van der Waals surface area contributed by atoms with E-state index < -0.39 is 0 Å². The molecule has 1 N–H and O–H groups in total. The van der Waals surface area contributed by atoms with E-state index in [0.29, 0.717) is 0 Å². The molecule has 0 atom stereocenters. The van der Waals surface area contributed by atoms with Gasteiger partial charge in [0.2, 0.25) is 0 Å². The van der Waals surface area contributed by atoms with E-state index >= 15 is 0 Å². The van der Waals surface area contributed by atoms with Gasteiger partial charge in [0.1, 0.15) is 11.3 Å². The van der Waals surface area contributed by atoms with Crippen LogP contribution in [0.4, 0.5) is 0 Å². The second-order valence-electron chi connectivity index (χ2n) is 5.65. The summed E-state index contributed by atoms with van der Waals surface area (Å²) in [6, 6.07) is 18.4. The first kappa shape index (κ1) is 12.4. The molecule has 0 fully saturated rings. The number of methoxy groups -OCH3 is 1. The Hall–Kier alpha value is -3.14. The van der Waals surface area contributed by atoms with Crippen LogP contribution in [0.25, 0.3) is 43.9 Å². The van der Waals surface area contributed by atoms with Crippen LogP contribution >= 0.6 is 0 Å². The lowest BCUT2D eigenvalue weighted by molar-refractivity contribution is 0.415. The summed E-state index contributed by atoms with van der Waals surface area (Å²) in [6.07, 6.45) is 0. The summed E-state index contributed by atoms with van der Waals surface area (Å²) in [5.41, 5.74) is 4.49. The molecule has 0 unspecified atom stereocenters. The topological polar surface area (TPSA) is 50.8 Å². The van der Waals surface area contributed by atoms with E-state index in [0.717, 1.165) is 38.8 Å². The minimum Gasteiger partial charge on any atom is -0.497 e. The number of nitrogens with zero attached hydrogens (tertiary/aromatic N) is 2. The number of aromatic amines is 1. The predicted octanol–water partition coefficient (Wildman–Crippen LogP) is 4.43. The molecular formula is C19H13N3O. The molecule has 23 heavy (non-hydrogen) atoms. The fraction of sp³-hybridized carbons (Fsp3) is 0.0526. The average Bonchev–Trinajstić information content (AvgIpc) is 2.94. The Labute approximate surface area is 131 Å². The highest BCUT2D eigenvalue weighted by Crippen LogP contribution is 2.29. The van der Waals surface area contributed by atoms with E-state index in [4.69, 9.17) is 14.7 Å². The third kappa shape index (κ3) is 1.78. The van der Waals surface area contributed by atoms with E-state index in [1.54, 1.807) is 7.11 Å². The van der Waals surface area contributed by atoms with Crippen LogP contribution in [0.1, 0.15) is 0 Å². The van der Waals surface area contributed by atoms with Crippen molar-refractivity contribution in [1.82, 2.24) is 15.0 Å². The Balaban J connectivity index is 1.92. The van der Waals surface area contributed by atoms with E-state index in [9.17, 15) is 0 Å². The van der Waals surface area contributed by atoms with E-state index in [1.165, 1.54) is 10.8 Å². The van der Waals surface area contributed by atoms with Crippen LogP contribution in [0.15, 0.2) is 54.6 Å². The summed E-state index contributed by atoms with van der Waals surface area (Å²) in [5, 5.41) is 3.37. The van der Waals surface area contributed by atoms with Gasteiger partial charge < -0.3 is 9.72 Å². The zero-order valence-corrected chi connectivity index (χ0v) is 12.5. The largest absolute Gasteiger partial charge is 0.497 e. The lowest BCUT2D eigenvalue weighted by Gasteiger charge is -2.02. The van der Waals surface area contributed by atoms with E-state index in [2.05, 4.69) is 29.2 Å². The van der Waals surface area contributed by atoms with Crippen molar-refractivity contribution in [3.8, 4) is 5.75 Å². The van der Waals surface area contributed by atoms with Crippen molar-refractivity contribution < 1.29 is 4.74 Å². The van der Waals surface area contributed by atoms with Gasteiger partial charge in [0.05, 0.1) is 18.1 Å². The third-order valence-electron chi connectivity index (χ3n) is 4.27. The lowest BCUT2D eigenvalue weighted by Crippen LogP contribution is -1.86. The zero-order chi connectivity index (χ0) is 15.4. The normalized spacial score (nSPS) is 11.7. The molecule has 0 bridgehead atoms. The third-order valence-corrected chi connectivity index (χ3v) is 4.27. The van der Waals surface area contributed by atoms with E-state index in [1.807, 2.05) is 30.3 Å². The molecule has 2 aromatic heterocycles. The first-order chi connectivity index (χ1) is 11.3. The van der Waals surface area contributed by atoms with Crippen molar-refractivity contribution in [1.29, 1.82) is 0 Å². The average molecular weight is 299 g/mol. The summed E-state index contributed by atoms with van der Waals surface area (Å²) in [5.74, 6) is 0.818. The summed E-state index contributed by atoms with van der Waals surface area (Å²) < 4.78 is 5.32. The van der Waals surface area contributed by atoms with Crippen molar-refractivity contribution in [3.05, 3.63) is 54.6 Å². The molecule has 0 aliphatic heterocycles. The number of rotatable bonds is 1. The minimum absolute atomic E-state index is 0.802. The lowest BCUT2D eigenvalue weighted by atomic mass is 10.1. The number of hydrogen-bond donors (Lipinski definition) is 1. The van der Waals surface area contributed by atoms with Crippen LogP contribution < -0.4 is 4.74 Å². The Bertz CT molecular complexity index is 1210. The van der Waals surface area contributed by atoms with Crippen LogP contribution in [0.5, 0.6) is 5.75 Å². The van der Waals surface area contributed by atoms with Crippen LogP contribution in [0.3, 0.4) is 0 Å². The number of aromatic nitrogens is 3. The number of ether oxygens (including phenoxy) is 1. The summed E-state index contributed by atoms with van der Waals surface area (Å²) in [4.78, 5) is 12.9. The highest BCUT2D eigenvalue weighted by Gasteiger charge is 2.10. The standard InChI is InChI=1S/C19H13N3O/c1-23-13-6-7-15-14(10-13)18-19(21-15)22-17-9-12-5-3-2-4-11(12)8-16(17)20-18/h2-10H,1H3,(H,21,22). The van der Waals surface area contributed by atoms with Gasteiger partial charge in [-0.05, 0) is 41.1 Å². The fourth-order valence-corrected chi connectivity index (χ4v) is 3.10. The molecule has 0 spiro atoms. The number of fused-ring (bicyclic) bond motifs is 5. The minimum atomic E-state index is 0.802. The van der Waals surface area contributed by atoms with Crippen molar-refractivity contribution in [2.75, 3.05) is 7.11 Å². The van der Waals surface area contributed by atoms with Crippen LogP contribution in [0.2, 0.25) is 0 Å². The highest BCUT2D eigenvalue weighted by molar-refractivity contribution is 6.07. The molecule has 5 rings (SSSR count). The second-order valence-corrected chi connectivity index (χ2v) is 5.65. The quantitative estimate of drug-likeness (QED) is 0.466. The van der Waals surface area contributed by atoms with Gasteiger partial charge in [0.25, 0.3) is 0 Å². The molecule has 0 amide bonds. The van der Waals surface area contributed by atoms with Crippen molar-refractivity contribution in [2.24, 2.45) is 0 Å². The maximum absolute atomic E-state index is 5.32. The monoisotopic (exact) mass is 299 g/mol. The molecule has 4 nitrogen and oxygen atoms in total. The molecule has 0 aliphatic rings. The van der Waals surface area contributed by atoms with Gasteiger partial charge in [0.15, 0.2) is 5.65 Å². The Morgan fingerprint density at radius 1 is 0.870 bits per heavy atom. The Morgan fingerprint density at radius 3 is 2.35 bits per heavy atom. The molecule has 2 heterocycles. The first-order valence-electron chi connectivity index (χ1n) is 7.48. The summed E-state index contributed by atoms with van der Waals surface area (Å²) >= 11 is 0. The number of benzene rings is 3. The molecule has 4 heteroatoms. The summed E-state index contributed by atoms with van der Waals surface area (Å²) in [7, 11) is 1.67. The van der Waals surface area contributed by atoms with Crippen molar-refractivity contribution in [2.45, 2.75) is 0 Å². The molecule has 0 aliphatic carbocycles. The Kier molecular flexibility index (Phi) is 2.39. The maximum Gasteiger partial charge on any atom is 0.157 e. The maximum atomic E-state index is 5.32. The van der Waals surface area contributed by atoms with E-state index in [-0.39, 0.29) is 0 Å². The second kappa shape index (κ2) is 4.43. The van der Waals surface area contributed by atoms with Gasteiger partial charge in [-0.2, -0.15) is 0 Å². The number of hydrogen-bond acceptors (Lipinski definition) is 3. The molecule has 5 aromatic rings. The zero-order valence-electron chi connectivity index (χ0n) is 12.5. The molecule has 110 valence electrons. The van der Waals surface area contributed by atoms with Gasteiger partial charge in [-0.15, -0.1) is 0 Å². The summed E-state index contributed by atoms with van der Waals surface area (Å²) in [6.45, 7) is 0. The first-order valence-corrected chi connectivity index (χ1v) is 7.48. The number of nitrogens with one attached hydrogen (secondary N) is 1. The molecule has 3 aromatic carbocycles. The molecular weight excluding hydrogens is 286 g/mol.